The van der Waals surface area contributed by atoms with Gasteiger partial charge in [-0.1, -0.05) is 30.2 Å². The number of halogens is 1. The Balaban J connectivity index is 1.71. The van der Waals surface area contributed by atoms with Crippen LogP contribution in [0.4, 0.5) is 0 Å². The molecule has 2 aromatic rings. The molecule has 1 aliphatic heterocycles. The molecule has 1 saturated heterocycles. The molecular weight excluding hydrogens is 384 g/mol. The van der Waals surface area contributed by atoms with Crippen LogP contribution in [0.2, 0.25) is 5.02 Å². The Bertz CT molecular complexity index is 740. The Morgan fingerprint density at radius 2 is 1.90 bits per heavy atom. The lowest BCUT2D eigenvalue weighted by Gasteiger charge is -2.29. The predicted octanol–water partition coefficient (Wildman–Crippen LogP) is 4.32. The molecule has 2 heterocycles. The highest BCUT2D eigenvalue weighted by Gasteiger charge is 2.33. The van der Waals surface area contributed by atoms with E-state index in [9.17, 15) is 0 Å². The molecule has 1 atom stereocenters. The third-order valence-electron chi connectivity index (χ3n) is 5.75. The van der Waals surface area contributed by atoms with Crippen molar-refractivity contribution in [3.05, 3.63) is 52.6 Å². The summed E-state index contributed by atoms with van der Waals surface area (Å²) in [6, 6.07) is 7.89. The van der Waals surface area contributed by atoms with Gasteiger partial charge in [-0.2, -0.15) is 0 Å². The van der Waals surface area contributed by atoms with Gasteiger partial charge in [0.05, 0.1) is 5.69 Å². The number of aromatic nitrogens is 2. The Morgan fingerprint density at radius 3 is 2.59 bits per heavy atom. The van der Waals surface area contributed by atoms with E-state index in [1.54, 1.807) is 0 Å². The summed E-state index contributed by atoms with van der Waals surface area (Å²) in [6.07, 6.45) is 7.99. The van der Waals surface area contributed by atoms with Gasteiger partial charge in [-0.25, -0.2) is 4.98 Å². The first-order chi connectivity index (χ1) is 14.0. The molecule has 5 nitrogen and oxygen atoms in total. The second kappa shape index (κ2) is 10.6. The first-order valence-electron chi connectivity index (χ1n) is 10.8. The number of benzene rings is 1. The maximum atomic E-state index is 6.43. The maximum absolute atomic E-state index is 6.43. The van der Waals surface area contributed by atoms with Gasteiger partial charge in [-0.05, 0) is 77.6 Å². The summed E-state index contributed by atoms with van der Waals surface area (Å²) in [4.78, 5) is 13.1. The molecule has 0 saturated carbocycles. The van der Waals surface area contributed by atoms with Crippen molar-refractivity contribution in [2.24, 2.45) is 0 Å². The van der Waals surface area contributed by atoms with Crippen LogP contribution in [0.25, 0.3) is 0 Å². The minimum atomic E-state index is -0.625. The van der Waals surface area contributed by atoms with Crippen molar-refractivity contribution in [1.29, 1.82) is 0 Å². The second-order valence-electron chi connectivity index (χ2n) is 8.44. The maximum Gasteiger partial charge on any atom is 0.148 e. The van der Waals surface area contributed by atoms with E-state index in [-0.39, 0.29) is 0 Å². The van der Waals surface area contributed by atoms with Crippen LogP contribution in [0.1, 0.15) is 49.7 Å². The van der Waals surface area contributed by atoms with Gasteiger partial charge in [-0.15, -0.1) is 0 Å². The molecule has 0 radical (unpaired) electrons. The number of H-pyrrole nitrogens is 1. The molecule has 3 rings (SSSR count). The summed E-state index contributed by atoms with van der Waals surface area (Å²) in [7, 11) is 4.17. The zero-order valence-electron chi connectivity index (χ0n) is 18.1. The summed E-state index contributed by atoms with van der Waals surface area (Å²) in [5, 5.41) is 0.727. The number of likely N-dealkylation sites (tertiary alicyclic amines) is 1. The number of hydrogen-bond donors (Lipinski definition) is 1. The van der Waals surface area contributed by atoms with E-state index in [4.69, 9.17) is 21.3 Å². The number of nitrogens with zero attached hydrogens (tertiary/aromatic N) is 3. The lowest BCUT2D eigenvalue weighted by molar-refractivity contribution is -0.0130. The highest BCUT2D eigenvalue weighted by Crippen LogP contribution is 2.32. The number of piperidine rings is 1. The topological polar surface area (TPSA) is 44.4 Å². The van der Waals surface area contributed by atoms with Crippen LogP contribution < -0.4 is 0 Å². The second-order valence-corrected chi connectivity index (χ2v) is 8.87. The van der Waals surface area contributed by atoms with Gasteiger partial charge in [0, 0.05) is 30.8 Å². The van der Waals surface area contributed by atoms with E-state index < -0.39 is 5.60 Å². The Hall–Kier alpha value is -1.40. The van der Waals surface area contributed by atoms with Crippen molar-refractivity contribution < 1.29 is 4.74 Å². The highest BCUT2D eigenvalue weighted by atomic mass is 35.5. The number of hydrogen-bond acceptors (Lipinski definition) is 4. The van der Waals surface area contributed by atoms with Crippen molar-refractivity contribution in [3.8, 4) is 0 Å². The van der Waals surface area contributed by atoms with Crippen molar-refractivity contribution in [1.82, 2.24) is 19.8 Å². The average Bonchev–Trinajstić information content (AvgIpc) is 3.20. The van der Waals surface area contributed by atoms with E-state index in [1.165, 1.54) is 32.4 Å². The average molecular weight is 419 g/mol. The number of ether oxygens (including phenoxy) is 1. The molecule has 1 unspecified atom stereocenters. The van der Waals surface area contributed by atoms with E-state index in [0.29, 0.717) is 6.61 Å². The highest BCUT2D eigenvalue weighted by molar-refractivity contribution is 6.30. The van der Waals surface area contributed by atoms with Crippen LogP contribution in [0, 0.1) is 0 Å². The molecule has 0 amide bonds. The number of aromatic amines is 1. The molecule has 6 heteroatoms. The standard InChI is InChI=1S/C23H35ClN4O/c1-23(29-17-7-13-27(2)3,19-8-10-20(24)11-9-19)22-25-18-21(26-22)12-16-28-14-5-4-6-15-28/h8-11,18H,4-7,12-17H2,1-3H3,(H,25,26). The van der Waals surface area contributed by atoms with Crippen molar-refractivity contribution in [3.63, 3.8) is 0 Å². The third kappa shape index (κ3) is 6.29. The Labute approximate surface area is 180 Å². The van der Waals surface area contributed by atoms with Gasteiger partial charge in [-0.3, -0.25) is 0 Å². The largest absolute Gasteiger partial charge is 0.363 e. The Morgan fingerprint density at radius 1 is 1.17 bits per heavy atom. The normalized spacial score (nSPS) is 17.6. The first kappa shape index (κ1) is 22.3. The van der Waals surface area contributed by atoms with Crippen LogP contribution in [0.3, 0.4) is 0 Å². The van der Waals surface area contributed by atoms with Crippen molar-refractivity contribution in [2.45, 2.75) is 44.6 Å². The smallest absolute Gasteiger partial charge is 0.148 e. The number of imidazole rings is 1. The van der Waals surface area contributed by atoms with Gasteiger partial charge in [0.1, 0.15) is 11.4 Å². The molecule has 1 N–H and O–H groups in total. The molecule has 160 valence electrons. The molecule has 0 aliphatic carbocycles. The molecular formula is C23H35ClN4O. The Kier molecular flexibility index (Phi) is 8.13. The molecule has 1 aliphatic rings. The number of nitrogens with one attached hydrogen (secondary N) is 1. The van der Waals surface area contributed by atoms with Crippen molar-refractivity contribution in [2.75, 3.05) is 46.9 Å². The monoisotopic (exact) mass is 418 g/mol. The van der Waals surface area contributed by atoms with Crippen LogP contribution >= 0.6 is 11.6 Å². The van der Waals surface area contributed by atoms with E-state index >= 15 is 0 Å². The quantitative estimate of drug-likeness (QED) is 0.583. The summed E-state index contributed by atoms with van der Waals surface area (Å²) in [6.45, 7) is 7.27. The summed E-state index contributed by atoms with van der Waals surface area (Å²) >= 11 is 6.11. The molecule has 1 fully saturated rings. The van der Waals surface area contributed by atoms with Gasteiger partial charge < -0.3 is 19.5 Å². The fourth-order valence-electron chi connectivity index (χ4n) is 3.90. The van der Waals surface area contributed by atoms with Gasteiger partial charge >= 0.3 is 0 Å². The summed E-state index contributed by atoms with van der Waals surface area (Å²) in [5.74, 6) is 0.860. The predicted molar refractivity (Wildman–Crippen MR) is 120 cm³/mol. The number of rotatable bonds is 10. The minimum Gasteiger partial charge on any atom is -0.363 e. The molecule has 0 bridgehead atoms. The lowest BCUT2D eigenvalue weighted by atomic mass is 9.95. The zero-order valence-corrected chi connectivity index (χ0v) is 18.8. The van der Waals surface area contributed by atoms with E-state index in [2.05, 4.69) is 35.8 Å². The first-order valence-corrected chi connectivity index (χ1v) is 11.2. The van der Waals surface area contributed by atoms with Gasteiger partial charge in [0.2, 0.25) is 0 Å². The molecule has 29 heavy (non-hydrogen) atoms. The van der Waals surface area contributed by atoms with Gasteiger partial charge in [0.15, 0.2) is 0 Å². The third-order valence-corrected chi connectivity index (χ3v) is 6.00. The fourth-order valence-corrected chi connectivity index (χ4v) is 4.03. The summed E-state index contributed by atoms with van der Waals surface area (Å²) < 4.78 is 6.43. The molecule has 1 aromatic carbocycles. The van der Waals surface area contributed by atoms with Crippen LogP contribution in [0.15, 0.2) is 30.5 Å². The molecule has 0 spiro atoms. The van der Waals surface area contributed by atoms with Crippen LogP contribution in [-0.4, -0.2) is 66.6 Å². The van der Waals surface area contributed by atoms with Crippen LogP contribution in [-0.2, 0) is 16.8 Å². The minimum absolute atomic E-state index is 0.625. The SMILES string of the molecule is CN(C)CCCOC(C)(c1ccc(Cl)cc1)c1nc(CCN2CCCCC2)c[nH]1. The lowest BCUT2D eigenvalue weighted by Crippen LogP contribution is -2.32. The van der Waals surface area contributed by atoms with E-state index in [0.717, 1.165) is 48.0 Å². The zero-order chi connectivity index (χ0) is 20.7. The van der Waals surface area contributed by atoms with Crippen LogP contribution in [0.5, 0.6) is 0 Å². The van der Waals surface area contributed by atoms with Crippen molar-refractivity contribution >= 4 is 11.6 Å². The summed E-state index contributed by atoms with van der Waals surface area (Å²) in [5.41, 5.74) is 1.53. The molecule has 1 aromatic heterocycles. The fraction of sp³-hybridized carbons (Fsp3) is 0.609. The van der Waals surface area contributed by atoms with Gasteiger partial charge in [0.25, 0.3) is 0 Å². The van der Waals surface area contributed by atoms with E-state index in [1.807, 2.05) is 30.5 Å².